The molecule has 80 valence electrons. The zero-order chi connectivity index (χ0) is 11.3. The summed E-state index contributed by atoms with van der Waals surface area (Å²) in [5.41, 5.74) is 2.64. The zero-order valence-corrected chi connectivity index (χ0v) is 9.80. The van der Waals surface area contributed by atoms with Crippen molar-refractivity contribution in [3.05, 3.63) is 40.7 Å². The van der Waals surface area contributed by atoms with Crippen molar-refractivity contribution in [1.29, 1.82) is 0 Å². The van der Waals surface area contributed by atoms with Gasteiger partial charge in [-0.15, -0.1) is 0 Å². The van der Waals surface area contributed by atoms with E-state index in [4.69, 9.17) is 16.0 Å². The van der Waals surface area contributed by atoms with Crippen LogP contribution in [-0.4, -0.2) is 4.98 Å². The molecule has 0 fully saturated rings. The molecule has 1 aromatic carbocycles. The number of benzene rings is 1. The second-order valence-corrected chi connectivity index (χ2v) is 4.34. The van der Waals surface area contributed by atoms with Crippen molar-refractivity contribution in [3.63, 3.8) is 0 Å². The number of furan rings is 1. The van der Waals surface area contributed by atoms with Crippen LogP contribution in [0.4, 0.5) is 0 Å². The maximum absolute atomic E-state index is 6.13. The summed E-state index contributed by atoms with van der Waals surface area (Å²) in [5, 5.41) is 2.70. The van der Waals surface area contributed by atoms with Crippen molar-refractivity contribution in [3.8, 4) is 0 Å². The van der Waals surface area contributed by atoms with E-state index in [9.17, 15) is 0 Å². The second-order valence-electron chi connectivity index (χ2n) is 3.93. The summed E-state index contributed by atoms with van der Waals surface area (Å²) in [6, 6.07) is 7.76. The topological polar surface area (TPSA) is 26.0 Å². The van der Waals surface area contributed by atoms with Crippen molar-refractivity contribution < 1.29 is 4.42 Å². The highest BCUT2D eigenvalue weighted by molar-refractivity contribution is 6.35. The van der Waals surface area contributed by atoms with E-state index < -0.39 is 0 Å². The first-order valence-electron chi connectivity index (χ1n) is 5.12. The molecule has 2 aromatic heterocycles. The Morgan fingerprint density at radius 1 is 1.19 bits per heavy atom. The van der Waals surface area contributed by atoms with E-state index in [0.29, 0.717) is 5.02 Å². The number of para-hydroxylation sites is 1. The third-order valence-electron chi connectivity index (χ3n) is 2.76. The Kier molecular flexibility index (Phi) is 1.95. The Hall–Kier alpha value is -1.54. The van der Waals surface area contributed by atoms with Crippen LogP contribution >= 0.6 is 11.6 Å². The first kappa shape index (κ1) is 9.67. The summed E-state index contributed by atoms with van der Waals surface area (Å²) in [6.45, 7) is 3.91. The molecule has 3 aromatic rings. The van der Waals surface area contributed by atoms with Crippen LogP contribution in [0.25, 0.3) is 21.9 Å². The number of fused-ring (bicyclic) bond motifs is 3. The van der Waals surface area contributed by atoms with Gasteiger partial charge in [0.15, 0.2) is 0 Å². The van der Waals surface area contributed by atoms with Gasteiger partial charge >= 0.3 is 0 Å². The Labute approximate surface area is 97.8 Å². The second kappa shape index (κ2) is 3.22. The van der Waals surface area contributed by atoms with Gasteiger partial charge < -0.3 is 4.42 Å². The summed E-state index contributed by atoms with van der Waals surface area (Å²) < 4.78 is 5.72. The van der Waals surface area contributed by atoms with Crippen LogP contribution in [0.15, 0.2) is 28.7 Å². The highest BCUT2D eigenvalue weighted by atomic mass is 35.5. The number of hydrogen-bond donors (Lipinski definition) is 0. The normalized spacial score (nSPS) is 11.4. The van der Waals surface area contributed by atoms with Gasteiger partial charge in [0, 0.05) is 16.5 Å². The molecule has 3 heteroatoms. The largest absolute Gasteiger partial charge is 0.461 e. The fourth-order valence-corrected chi connectivity index (χ4v) is 2.24. The molecule has 0 amide bonds. The Balaban J connectivity index is 2.63. The SMILES string of the molecule is Cc1cc2c(C)nc3c(Cl)cccc3c2o1. The minimum absolute atomic E-state index is 0.663. The van der Waals surface area contributed by atoms with Crippen molar-refractivity contribution in [2.45, 2.75) is 13.8 Å². The van der Waals surface area contributed by atoms with Crippen LogP contribution in [0, 0.1) is 13.8 Å². The molecule has 0 saturated heterocycles. The van der Waals surface area contributed by atoms with Gasteiger partial charge in [-0.05, 0) is 32.0 Å². The average Bonchev–Trinajstić information content (AvgIpc) is 2.63. The van der Waals surface area contributed by atoms with Crippen LogP contribution in [0.3, 0.4) is 0 Å². The van der Waals surface area contributed by atoms with Gasteiger partial charge in [0.05, 0.1) is 10.5 Å². The number of pyridine rings is 1. The maximum Gasteiger partial charge on any atom is 0.145 e. The summed E-state index contributed by atoms with van der Waals surface area (Å²) in [4.78, 5) is 4.52. The molecule has 0 aliphatic carbocycles. The average molecular weight is 232 g/mol. The Morgan fingerprint density at radius 2 is 2.00 bits per heavy atom. The van der Waals surface area contributed by atoms with E-state index in [1.807, 2.05) is 38.1 Å². The Morgan fingerprint density at radius 3 is 2.81 bits per heavy atom. The van der Waals surface area contributed by atoms with Crippen LogP contribution in [0.1, 0.15) is 11.5 Å². The number of aromatic nitrogens is 1. The highest BCUT2D eigenvalue weighted by Crippen LogP contribution is 2.31. The fourth-order valence-electron chi connectivity index (χ4n) is 2.02. The third kappa shape index (κ3) is 1.23. The van der Waals surface area contributed by atoms with Gasteiger partial charge in [0.2, 0.25) is 0 Å². The molecule has 0 N–H and O–H groups in total. The van der Waals surface area contributed by atoms with E-state index >= 15 is 0 Å². The van der Waals surface area contributed by atoms with Gasteiger partial charge in [0.25, 0.3) is 0 Å². The quantitative estimate of drug-likeness (QED) is 0.578. The molecular weight excluding hydrogens is 222 g/mol. The van der Waals surface area contributed by atoms with Crippen LogP contribution in [0.5, 0.6) is 0 Å². The Bertz CT molecular complexity index is 700. The van der Waals surface area contributed by atoms with Gasteiger partial charge in [-0.2, -0.15) is 0 Å². The molecule has 0 aliphatic heterocycles. The molecular formula is C13H10ClNO. The molecule has 0 saturated carbocycles. The number of nitrogens with zero attached hydrogens (tertiary/aromatic N) is 1. The minimum Gasteiger partial charge on any atom is -0.461 e. The molecule has 0 spiro atoms. The van der Waals surface area contributed by atoms with Crippen molar-refractivity contribution in [1.82, 2.24) is 4.98 Å². The summed E-state index contributed by atoms with van der Waals surface area (Å²) >= 11 is 6.13. The smallest absolute Gasteiger partial charge is 0.145 e. The van der Waals surface area contributed by atoms with Crippen LogP contribution < -0.4 is 0 Å². The lowest BCUT2D eigenvalue weighted by atomic mass is 10.1. The lowest BCUT2D eigenvalue weighted by Gasteiger charge is -2.02. The number of rotatable bonds is 0. The molecule has 0 atom stereocenters. The van der Waals surface area contributed by atoms with E-state index in [2.05, 4.69) is 4.98 Å². The van der Waals surface area contributed by atoms with E-state index in [1.165, 1.54) is 0 Å². The van der Waals surface area contributed by atoms with Crippen LogP contribution in [0.2, 0.25) is 5.02 Å². The van der Waals surface area contributed by atoms with Gasteiger partial charge in [0.1, 0.15) is 11.3 Å². The summed E-state index contributed by atoms with van der Waals surface area (Å²) in [6.07, 6.45) is 0. The predicted octanol–water partition coefficient (Wildman–Crippen LogP) is 4.25. The standard InChI is InChI=1S/C13H10ClNO/c1-7-6-10-8(2)15-12-9(13(10)16-7)4-3-5-11(12)14/h3-6H,1-2H3. The van der Waals surface area contributed by atoms with Gasteiger partial charge in [-0.1, -0.05) is 17.7 Å². The van der Waals surface area contributed by atoms with Crippen molar-refractivity contribution in [2.75, 3.05) is 0 Å². The minimum atomic E-state index is 0.663. The molecule has 16 heavy (non-hydrogen) atoms. The van der Waals surface area contributed by atoms with Gasteiger partial charge in [-0.25, -0.2) is 0 Å². The molecule has 3 rings (SSSR count). The molecule has 0 unspecified atom stereocenters. The summed E-state index contributed by atoms with van der Waals surface area (Å²) in [5.74, 6) is 0.896. The monoisotopic (exact) mass is 231 g/mol. The number of hydrogen-bond acceptors (Lipinski definition) is 2. The zero-order valence-electron chi connectivity index (χ0n) is 9.04. The molecule has 2 heterocycles. The maximum atomic E-state index is 6.13. The van der Waals surface area contributed by atoms with Crippen molar-refractivity contribution in [2.24, 2.45) is 0 Å². The van der Waals surface area contributed by atoms with Crippen LogP contribution in [-0.2, 0) is 0 Å². The fraction of sp³-hybridized carbons (Fsp3) is 0.154. The number of halogens is 1. The van der Waals surface area contributed by atoms with E-state index in [-0.39, 0.29) is 0 Å². The van der Waals surface area contributed by atoms with Gasteiger partial charge in [-0.3, -0.25) is 4.98 Å². The number of aryl methyl sites for hydroxylation is 2. The first-order chi connectivity index (χ1) is 7.66. The van der Waals surface area contributed by atoms with E-state index in [1.54, 1.807) is 0 Å². The molecule has 0 aliphatic rings. The lowest BCUT2D eigenvalue weighted by molar-refractivity contribution is 0.581. The molecule has 0 radical (unpaired) electrons. The molecule has 0 bridgehead atoms. The third-order valence-corrected chi connectivity index (χ3v) is 3.06. The predicted molar refractivity (Wildman–Crippen MR) is 66.0 cm³/mol. The highest BCUT2D eigenvalue weighted by Gasteiger charge is 2.11. The summed E-state index contributed by atoms with van der Waals surface area (Å²) in [7, 11) is 0. The van der Waals surface area contributed by atoms with Crippen molar-refractivity contribution >= 4 is 33.5 Å². The lowest BCUT2D eigenvalue weighted by Crippen LogP contribution is -1.85. The van der Waals surface area contributed by atoms with E-state index in [0.717, 1.165) is 33.3 Å². The molecule has 2 nitrogen and oxygen atoms in total. The first-order valence-corrected chi connectivity index (χ1v) is 5.49.